The lowest BCUT2D eigenvalue weighted by Crippen LogP contribution is -2.48. The molecule has 0 N–H and O–H groups in total. The topological polar surface area (TPSA) is 66.7 Å². The second-order valence-electron chi connectivity index (χ2n) is 6.55. The molecule has 26 heavy (non-hydrogen) atoms. The molecule has 0 atom stereocenters. The molecule has 0 spiro atoms. The summed E-state index contributed by atoms with van der Waals surface area (Å²) >= 11 is 12.5. The van der Waals surface area contributed by atoms with E-state index >= 15 is 0 Å². The van der Waals surface area contributed by atoms with Gasteiger partial charge in [-0.2, -0.15) is 4.31 Å². The predicted octanol–water partition coefficient (Wildman–Crippen LogP) is 3.41. The lowest BCUT2D eigenvalue weighted by molar-refractivity contribution is 0.177. The SMILES string of the molecule is Cc1cc(CN2CCN(S(=O)(=O)c3c(C)c(Cl)cc(C)c3Cl)CC2)no1. The molecule has 1 aromatic heterocycles. The number of hydrogen-bond acceptors (Lipinski definition) is 5. The van der Waals surface area contributed by atoms with Crippen LogP contribution in [0.5, 0.6) is 0 Å². The Hall–Kier alpha value is -1.12. The fourth-order valence-corrected chi connectivity index (χ4v) is 5.69. The van der Waals surface area contributed by atoms with Gasteiger partial charge >= 0.3 is 0 Å². The van der Waals surface area contributed by atoms with Crippen LogP contribution >= 0.6 is 23.2 Å². The zero-order valence-corrected chi connectivity index (χ0v) is 17.2. The first-order valence-corrected chi connectivity index (χ1v) is 10.5. The van der Waals surface area contributed by atoms with Crippen LogP contribution in [-0.2, 0) is 16.6 Å². The number of nitrogens with zero attached hydrogens (tertiary/aromatic N) is 3. The van der Waals surface area contributed by atoms with Crippen molar-refractivity contribution in [2.24, 2.45) is 0 Å². The summed E-state index contributed by atoms with van der Waals surface area (Å²) in [5.74, 6) is 0.766. The van der Waals surface area contributed by atoms with E-state index in [2.05, 4.69) is 10.1 Å². The quantitative estimate of drug-likeness (QED) is 0.762. The zero-order chi connectivity index (χ0) is 19.1. The number of halogens is 2. The van der Waals surface area contributed by atoms with Gasteiger partial charge in [-0.05, 0) is 38.0 Å². The Labute approximate surface area is 163 Å². The fourth-order valence-electron chi connectivity index (χ4n) is 3.10. The number of benzene rings is 1. The summed E-state index contributed by atoms with van der Waals surface area (Å²) in [6, 6.07) is 3.58. The van der Waals surface area contributed by atoms with Crippen molar-refractivity contribution in [3.63, 3.8) is 0 Å². The van der Waals surface area contributed by atoms with Crippen LogP contribution in [0, 0.1) is 20.8 Å². The Morgan fingerprint density at radius 1 is 1.12 bits per heavy atom. The molecule has 1 aliphatic rings. The van der Waals surface area contributed by atoms with Crippen molar-refractivity contribution in [2.75, 3.05) is 26.2 Å². The van der Waals surface area contributed by atoms with Crippen LogP contribution in [0.15, 0.2) is 21.6 Å². The van der Waals surface area contributed by atoms with Gasteiger partial charge in [-0.15, -0.1) is 0 Å². The van der Waals surface area contributed by atoms with Crippen LogP contribution in [0.2, 0.25) is 10.0 Å². The van der Waals surface area contributed by atoms with E-state index in [9.17, 15) is 8.42 Å². The van der Waals surface area contributed by atoms with Crippen molar-refractivity contribution in [2.45, 2.75) is 32.2 Å². The zero-order valence-electron chi connectivity index (χ0n) is 14.9. The Morgan fingerprint density at radius 2 is 1.77 bits per heavy atom. The highest BCUT2D eigenvalue weighted by Crippen LogP contribution is 2.35. The molecule has 1 saturated heterocycles. The fraction of sp³-hybridized carbons (Fsp3) is 0.471. The van der Waals surface area contributed by atoms with Gasteiger partial charge in [0.1, 0.15) is 10.7 Å². The van der Waals surface area contributed by atoms with Crippen LogP contribution in [-0.4, -0.2) is 49.0 Å². The molecule has 0 amide bonds. The highest BCUT2D eigenvalue weighted by atomic mass is 35.5. The molecule has 0 saturated carbocycles. The van der Waals surface area contributed by atoms with E-state index in [1.165, 1.54) is 4.31 Å². The Bertz CT molecular complexity index is 893. The van der Waals surface area contributed by atoms with E-state index in [0.717, 1.165) is 11.5 Å². The first kappa shape index (κ1) is 19.6. The number of rotatable bonds is 4. The van der Waals surface area contributed by atoms with Gasteiger partial charge in [0, 0.05) is 43.8 Å². The van der Waals surface area contributed by atoms with Crippen molar-refractivity contribution in [1.82, 2.24) is 14.4 Å². The van der Waals surface area contributed by atoms with Gasteiger partial charge in [0.2, 0.25) is 10.0 Å². The van der Waals surface area contributed by atoms with Gasteiger partial charge in [-0.3, -0.25) is 4.90 Å². The molecule has 0 bridgehead atoms. The van der Waals surface area contributed by atoms with Gasteiger partial charge in [0.15, 0.2) is 0 Å². The van der Waals surface area contributed by atoms with Crippen molar-refractivity contribution in [1.29, 1.82) is 0 Å². The summed E-state index contributed by atoms with van der Waals surface area (Å²) in [6.45, 7) is 7.93. The molecule has 2 aromatic rings. The summed E-state index contributed by atoms with van der Waals surface area (Å²) in [7, 11) is -3.70. The normalized spacial score (nSPS) is 17.0. The third-order valence-electron chi connectivity index (χ3n) is 4.58. The molecule has 2 heterocycles. The summed E-state index contributed by atoms with van der Waals surface area (Å²) in [5, 5.41) is 4.64. The standard InChI is InChI=1S/C17H21Cl2N3O3S/c1-11-8-15(18)13(3)17(16(11)19)26(23,24)22-6-4-21(5-7-22)10-14-9-12(2)25-20-14/h8-9H,4-7,10H2,1-3H3. The van der Waals surface area contributed by atoms with Gasteiger partial charge in [-0.1, -0.05) is 28.4 Å². The van der Waals surface area contributed by atoms with Gasteiger partial charge < -0.3 is 4.52 Å². The van der Waals surface area contributed by atoms with Gasteiger partial charge in [0.05, 0.1) is 10.7 Å². The summed E-state index contributed by atoms with van der Waals surface area (Å²) in [4.78, 5) is 2.27. The number of hydrogen-bond donors (Lipinski definition) is 0. The molecular formula is C17H21Cl2N3O3S. The molecule has 1 aliphatic heterocycles. The minimum atomic E-state index is -3.70. The van der Waals surface area contributed by atoms with E-state index in [-0.39, 0.29) is 9.92 Å². The van der Waals surface area contributed by atoms with E-state index < -0.39 is 10.0 Å². The molecule has 6 nitrogen and oxygen atoms in total. The first-order valence-electron chi connectivity index (χ1n) is 8.30. The third kappa shape index (κ3) is 3.77. The molecule has 0 radical (unpaired) electrons. The lowest BCUT2D eigenvalue weighted by Gasteiger charge is -2.34. The predicted molar refractivity (Wildman–Crippen MR) is 101 cm³/mol. The van der Waals surface area contributed by atoms with E-state index in [4.69, 9.17) is 27.7 Å². The van der Waals surface area contributed by atoms with Crippen molar-refractivity contribution in [3.8, 4) is 0 Å². The third-order valence-corrected chi connectivity index (χ3v) is 7.64. The van der Waals surface area contributed by atoms with E-state index in [0.29, 0.717) is 48.9 Å². The highest BCUT2D eigenvalue weighted by molar-refractivity contribution is 7.89. The van der Waals surface area contributed by atoms with E-state index in [1.807, 2.05) is 13.0 Å². The number of piperazine rings is 1. The second-order valence-corrected chi connectivity index (χ2v) is 9.21. The molecular weight excluding hydrogens is 397 g/mol. The molecule has 3 rings (SSSR count). The van der Waals surface area contributed by atoms with Crippen LogP contribution in [0.3, 0.4) is 0 Å². The Kier molecular flexibility index (Phi) is 5.65. The molecule has 1 fully saturated rings. The number of sulfonamides is 1. The monoisotopic (exact) mass is 417 g/mol. The average Bonchev–Trinajstić information content (AvgIpc) is 2.98. The second kappa shape index (κ2) is 7.48. The van der Waals surface area contributed by atoms with Crippen LogP contribution in [0.4, 0.5) is 0 Å². The van der Waals surface area contributed by atoms with Crippen molar-refractivity contribution >= 4 is 33.2 Å². The van der Waals surface area contributed by atoms with Gasteiger partial charge in [0.25, 0.3) is 0 Å². The van der Waals surface area contributed by atoms with Crippen LogP contribution in [0.25, 0.3) is 0 Å². The minimum Gasteiger partial charge on any atom is -0.361 e. The van der Waals surface area contributed by atoms with Crippen molar-refractivity contribution < 1.29 is 12.9 Å². The maximum Gasteiger partial charge on any atom is 0.244 e. The summed E-state index contributed by atoms with van der Waals surface area (Å²) in [5.41, 5.74) is 1.99. The Morgan fingerprint density at radius 3 is 2.35 bits per heavy atom. The number of aryl methyl sites for hydroxylation is 2. The Balaban J connectivity index is 1.77. The molecule has 0 unspecified atom stereocenters. The average molecular weight is 418 g/mol. The van der Waals surface area contributed by atoms with Gasteiger partial charge in [-0.25, -0.2) is 8.42 Å². The maximum absolute atomic E-state index is 13.1. The first-order chi connectivity index (χ1) is 12.2. The maximum atomic E-state index is 13.1. The highest BCUT2D eigenvalue weighted by Gasteiger charge is 2.32. The number of aromatic nitrogens is 1. The van der Waals surface area contributed by atoms with Crippen molar-refractivity contribution in [3.05, 3.63) is 44.8 Å². The molecule has 0 aliphatic carbocycles. The minimum absolute atomic E-state index is 0.116. The molecule has 9 heteroatoms. The summed E-state index contributed by atoms with van der Waals surface area (Å²) in [6.07, 6.45) is 0. The largest absolute Gasteiger partial charge is 0.361 e. The van der Waals surface area contributed by atoms with Crippen LogP contribution in [0.1, 0.15) is 22.6 Å². The lowest BCUT2D eigenvalue weighted by atomic mass is 10.2. The van der Waals surface area contributed by atoms with Crippen LogP contribution < -0.4 is 0 Å². The molecule has 1 aromatic carbocycles. The summed E-state index contributed by atoms with van der Waals surface area (Å²) < 4.78 is 32.8. The molecule has 142 valence electrons. The van der Waals surface area contributed by atoms with E-state index in [1.54, 1.807) is 19.9 Å². The smallest absolute Gasteiger partial charge is 0.244 e.